The number of Topliss-reactive ketones (excluding diaryl/α,β-unsaturated/α-hetero) is 1. The highest BCUT2D eigenvalue weighted by molar-refractivity contribution is 6.03. The number of nitrogens with one attached hydrogen (secondary N) is 1. The molecule has 4 N–H and O–H groups in total. The molecule has 0 atom stereocenters. The summed E-state index contributed by atoms with van der Waals surface area (Å²) in [7, 11) is 0. The van der Waals surface area contributed by atoms with Crippen molar-refractivity contribution in [3.63, 3.8) is 0 Å². The van der Waals surface area contributed by atoms with Crippen LogP contribution in [0, 0.1) is 6.92 Å². The number of benzene rings is 3. The van der Waals surface area contributed by atoms with E-state index in [4.69, 9.17) is 15.7 Å². The van der Waals surface area contributed by atoms with Gasteiger partial charge in [-0.3, -0.25) is 4.79 Å². The number of nitrogens with two attached hydrogens (primary N) is 1. The highest BCUT2D eigenvalue weighted by atomic mass is 16.6. The standard InChI is InChI=1S/C24H22N2O4/c1-14-15(10-11-20(23(14)25)24(28)29)22(27)12-26-30-13-21-18-8-4-2-6-16(18)17-7-3-5-9-19(17)21/h2-11,21,26H,12-13,25H2,1H3,(H,28,29). The number of carboxylic acids is 1. The van der Waals surface area contributed by atoms with Crippen LogP contribution in [0.25, 0.3) is 11.1 Å². The van der Waals surface area contributed by atoms with Gasteiger partial charge in [0.15, 0.2) is 5.78 Å². The Kier molecular flexibility index (Phi) is 5.35. The highest BCUT2D eigenvalue weighted by Gasteiger charge is 2.28. The van der Waals surface area contributed by atoms with Gasteiger partial charge in [0, 0.05) is 17.2 Å². The summed E-state index contributed by atoms with van der Waals surface area (Å²) < 4.78 is 0. The van der Waals surface area contributed by atoms with Crippen molar-refractivity contribution >= 4 is 17.4 Å². The number of carbonyl (C=O) groups excluding carboxylic acids is 1. The van der Waals surface area contributed by atoms with Crippen LogP contribution in [0.4, 0.5) is 5.69 Å². The van der Waals surface area contributed by atoms with Crippen LogP contribution in [0.2, 0.25) is 0 Å². The molecule has 0 fully saturated rings. The van der Waals surface area contributed by atoms with Crippen LogP contribution in [-0.4, -0.2) is 30.0 Å². The number of ketones is 1. The van der Waals surface area contributed by atoms with Crippen molar-refractivity contribution in [1.29, 1.82) is 0 Å². The van der Waals surface area contributed by atoms with Crippen LogP contribution >= 0.6 is 0 Å². The third kappa shape index (κ3) is 3.47. The smallest absolute Gasteiger partial charge is 0.337 e. The summed E-state index contributed by atoms with van der Waals surface area (Å²) in [4.78, 5) is 29.4. The van der Waals surface area contributed by atoms with Crippen molar-refractivity contribution in [3.8, 4) is 11.1 Å². The number of carbonyl (C=O) groups is 2. The molecule has 3 aromatic carbocycles. The third-order valence-electron chi connectivity index (χ3n) is 5.59. The number of nitrogen functional groups attached to an aromatic ring is 1. The van der Waals surface area contributed by atoms with Crippen molar-refractivity contribution in [1.82, 2.24) is 5.48 Å². The van der Waals surface area contributed by atoms with E-state index in [1.54, 1.807) is 6.92 Å². The topological polar surface area (TPSA) is 102 Å². The first-order valence-electron chi connectivity index (χ1n) is 9.67. The average molecular weight is 402 g/mol. The molecule has 6 heteroatoms. The van der Waals surface area contributed by atoms with E-state index in [-0.39, 0.29) is 29.5 Å². The molecule has 0 amide bonds. The first-order valence-corrected chi connectivity index (χ1v) is 9.67. The fraction of sp³-hybridized carbons (Fsp3) is 0.167. The second kappa shape index (κ2) is 8.10. The summed E-state index contributed by atoms with van der Waals surface area (Å²) in [5.41, 5.74) is 14.4. The van der Waals surface area contributed by atoms with Gasteiger partial charge in [-0.2, -0.15) is 5.48 Å². The van der Waals surface area contributed by atoms with E-state index in [0.717, 1.165) is 0 Å². The molecule has 0 unspecified atom stereocenters. The van der Waals surface area contributed by atoms with Crippen molar-refractivity contribution in [2.75, 3.05) is 18.9 Å². The molecule has 4 rings (SSSR count). The lowest BCUT2D eigenvalue weighted by Gasteiger charge is -2.15. The van der Waals surface area contributed by atoms with Gasteiger partial charge in [0.1, 0.15) is 0 Å². The van der Waals surface area contributed by atoms with Crippen molar-refractivity contribution in [2.45, 2.75) is 12.8 Å². The largest absolute Gasteiger partial charge is 0.478 e. The average Bonchev–Trinajstić information content (AvgIpc) is 3.06. The maximum atomic E-state index is 12.5. The monoisotopic (exact) mass is 402 g/mol. The minimum absolute atomic E-state index is 0.00757. The molecule has 3 aromatic rings. The molecule has 0 saturated heterocycles. The fourth-order valence-electron chi connectivity index (χ4n) is 4.01. The van der Waals surface area contributed by atoms with Crippen LogP contribution < -0.4 is 11.2 Å². The van der Waals surface area contributed by atoms with Gasteiger partial charge in [-0.05, 0) is 40.8 Å². The molecule has 30 heavy (non-hydrogen) atoms. The van der Waals surface area contributed by atoms with Gasteiger partial charge < -0.3 is 15.7 Å². The summed E-state index contributed by atoms with van der Waals surface area (Å²) >= 11 is 0. The van der Waals surface area contributed by atoms with E-state index in [1.807, 2.05) is 24.3 Å². The number of carboxylic acid groups (broad SMARTS) is 1. The predicted molar refractivity (Wildman–Crippen MR) is 115 cm³/mol. The second-order valence-electron chi connectivity index (χ2n) is 7.29. The Bertz CT molecular complexity index is 1090. The van der Waals surface area contributed by atoms with Crippen molar-refractivity contribution in [2.24, 2.45) is 0 Å². The van der Waals surface area contributed by atoms with Crippen LogP contribution in [0.1, 0.15) is 43.3 Å². The zero-order valence-electron chi connectivity index (χ0n) is 16.5. The van der Waals surface area contributed by atoms with Gasteiger partial charge in [0.25, 0.3) is 0 Å². The Labute approximate surface area is 174 Å². The first kappa shape index (κ1) is 19.8. The van der Waals surface area contributed by atoms with Crippen molar-refractivity contribution in [3.05, 3.63) is 88.5 Å². The SMILES string of the molecule is Cc1c(C(=O)CNOCC2c3ccccc3-c3ccccc32)ccc(C(=O)O)c1N. The summed E-state index contributed by atoms with van der Waals surface area (Å²) in [6.45, 7) is 1.99. The Morgan fingerprint density at radius 2 is 1.53 bits per heavy atom. The molecule has 1 aliphatic carbocycles. The van der Waals surface area contributed by atoms with Gasteiger partial charge in [-0.25, -0.2) is 4.79 Å². The second-order valence-corrected chi connectivity index (χ2v) is 7.29. The molecular formula is C24H22N2O4. The van der Waals surface area contributed by atoms with Gasteiger partial charge in [0.2, 0.25) is 0 Å². The zero-order valence-corrected chi connectivity index (χ0v) is 16.5. The van der Waals surface area contributed by atoms with Crippen LogP contribution in [0.3, 0.4) is 0 Å². The van der Waals surface area contributed by atoms with Crippen molar-refractivity contribution < 1.29 is 19.5 Å². The summed E-state index contributed by atoms with van der Waals surface area (Å²) in [6, 6.07) is 19.4. The molecule has 0 saturated carbocycles. The lowest BCUT2D eigenvalue weighted by Crippen LogP contribution is -2.26. The number of hydrogen-bond donors (Lipinski definition) is 3. The molecule has 0 heterocycles. The lowest BCUT2D eigenvalue weighted by molar-refractivity contribution is 0.0360. The molecule has 0 aliphatic heterocycles. The molecule has 1 aliphatic rings. The normalized spacial score (nSPS) is 12.4. The predicted octanol–water partition coefficient (Wildman–Crippen LogP) is 3.79. The number of anilines is 1. The van der Waals surface area contributed by atoms with Gasteiger partial charge in [-0.15, -0.1) is 0 Å². The Morgan fingerprint density at radius 3 is 2.13 bits per heavy atom. The lowest BCUT2D eigenvalue weighted by atomic mass is 9.98. The summed E-state index contributed by atoms with van der Waals surface area (Å²) in [5, 5.41) is 9.14. The number of hydroxylamine groups is 1. The highest BCUT2D eigenvalue weighted by Crippen LogP contribution is 2.44. The van der Waals surface area contributed by atoms with E-state index in [0.29, 0.717) is 17.7 Å². The summed E-state index contributed by atoms with van der Waals surface area (Å²) in [6.07, 6.45) is 0. The maximum Gasteiger partial charge on any atom is 0.337 e. The molecule has 6 nitrogen and oxygen atoms in total. The maximum absolute atomic E-state index is 12.5. The van der Waals surface area contributed by atoms with E-state index in [1.165, 1.54) is 34.4 Å². The number of rotatable bonds is 7. The number of aromatic carboxylic acids is 1. The molecule has 0 bridgehead atoms. The van der Waals surface area contributed by atoms with Gasteiger partial charge in [0.05, 0.1) is 18.7 Å². The fourth-order valence-corrected chi connectivity index (χ4v) is 4.01. The Morgan fingerprint density at radius 1 is 0.967 bits per heavy atom. The Balaban J connectivity index is 1.41. The van der Waals surface area contributed by atoms with E-state index in [9.17, 15) is 9.59 Å². The Hall–Kier alpha value is -3.48. The third-order valence-corrected chi connectivity index (χ3v) is 5.59. The van der Waals surface area contributed by atoms with Gasteiger partial charge >= 0.3 is 5.97 Å². The van der Waals surface area contributed by atoms with E-state index < -0.39 is 5.97 Å². The molecule has 0 aromatic heterocycles. The van der Waals surface area contributed by atoms with E-state index in [2.05, 4.69) is 29.7 Å². The zero-order chi connectivity index (χ0) is 21.3. The molecular weight excluding hydrogens is 380 g/mol. The quantitative estimate of drug-likeness (QED) is 0.241. The van der Waals surface area contributed by atoms with Crippen LogP contribution in [0.5, 0.6) is 0 Å². The number of hydrogen-bond acceptors (Lipinski definition) is 5. The minimum Gasteiger partial charge on any atom is -0.478 e. The van der Waals surface area contributed by atoms with E-state index >= 15 is 0 Å². The molecule has 0 radical (unpaired) electrons. The van der Waals surface area contributed by atoms with Crippen LogP contribution in [-0.2, 0) is 4.84 Å². The molecule has 152 valence electrons. The first-order chi connectivity index (χ1) is 14.5. The number of fused-ring (bicyclic) bond motifs is 3. The minimum atomic E-state index is -1.12. The molecule has 0 spiro atoms. The van der Waals surface area contributed by atoms with Crippen LogP contribution in [0.15, 0.2) is 60.7 Å². The summed E-state index contributed by atoms with van der Waals surface area (Å²) in [5.74, 6) is -1.25. The van der Waals surface area contributed by atoms with Gasteiger partial charge in [-0.1, -0.05) is 54.6 Å².